The van der Waals surface area contributed by atoms with Crippen molar-refractivity contribution in [1.29, 1.82) is 0 Å². The Kier molecular flexibility index (Phi) is 2.95. The van der Waals surface area contributed by atoms with Gasteiger partial charge in [0.15, 0.2) is 5.78 Å². The largest absolute Gasteiger partial charge is 0.294 e. The summed E-state index contributed by atoms with van der Waals surface area (Å²) in [5.74, 6) is 0.885. The van der Waals surface area contributed by atoms with Gasteiger partial charge in [0.25, 0.3) is 5.91 Å². The highest BCUT2D eigenvalue weighted by Gasteiger charge is 2.48. The number of nitrogens with zero attached hydrogens (tertiary/aromatic N) is 3. The summed E-state index contributed by atoms with van der Waals surface area (Å²) in [7, 11) is 0. The van der Waals surface area contributed by atoms with Gasteiger partial charge < -0.3 is 0 Å². The van der Waals surface area contributed by atoms with E-state index >= 15 is 0 Å². The molecule has 0 saturated heterocycles. The zero-order valence-corrected chi connectivity index (χ0v) is 15.2. The first kappa shape index (κ1) is 15.6. The molecular weight excluding hydrogens is 326 g/mol. The van der Waals surface area contributed by atoms with E-state index in [0.29, 0.717) is 12.0 Å². The van der Waals surface area contributed by atoms with E-state index in [2.05, 4.69) is 20.8 Å². The smallest absolute Gasteiger partial charge is 0.260 e. The number of hydrogen-bond acceptors (Lipinski definition) is 3. The van der Waals surface area contributed by atoms with Crippen LogP contribution >= 0.6 is 0 Å². The first-order valence-corrected chi connectivity index (χ1v) is 9.17. The van der Waals surface area contributed by atoms with Gasteiger partial charge in [-0.15, -0.1) is 0 Å². The number of allylic oxidation sites excluding steroid dienone is 1. The molecule has 1 aliphatic carbocycles. The molecule has 2 aromatic rings. The van der Waals surface area contributed by atoms with Crippen LogP contribution in [0.15, 0.2) is 35.9 Å². The summed E-state index contributed by atoms with van der Waals surface area (Å²) >= 11 is 0. The van der Waals surface area contributed by atoms with Gasteiger partial charge in [0.2, 0.25) is 0 Å². The van der Waals surface area contributed by atoms with Gasteiger partial charge in [0.1, 0.15) is 5.82 Å². The molecule has 1 amide bonds. The van der Waals surface area contributed by atoms with Gasteiger partial charge in [-0.05, 0) is 24.5 Å². The molecule has 0 saturated carbocycles. The van der Waals surface area contributed by atoms with Crippen molar-refractivity contribution in [1.82, 2.24) is 9.78 Å². The number of carbonyl (C=O) groups excluding carboxylic acids is 2. The SMILES string of the molecule is CC(C)(C)c1cc2n(n1)C1=C(C(=O)CCC1)C1c3ccccc3C(=O)N21. The number of amides is 1. The Balaban J connectivity index is 1.82. The maximum absolute atomic E-state index is 13.2. The average molecular weight is 347 g/mol. The van der Waals surface area contributed by atoms with Crippen LogP contribution < -0.4 is 4.90 Å². The Morgan fingerprint density at radius 2 is 1.88 bits per heavy atom. The van der Waals surface area contributed by atoms with Gasteiger partial charge in [-0.3, -0.25) is 14.5 Å². The Morgan fingerprint density at radius 3 is 2.65 bits per heavy atom. The van der Waals surface area contributed by atoms with Gasteiger partial charge in [0.05, 0.1) is 17.4 Å². The lowest BCUT2D eigenvalue weighted by Gasteiger charge is -2.36. The van der Waals surface area contributed by atoms with Gasteiger partial charge in [-0.2, -0.15) is 5.10 Å². The van der Waals surface area contributed by atoms with E-state index in [4.69, 9.17) is 5.10 Å². The monoisotopic (exact) mass is 347 g/mol. The van der Waals surface area contributed by atoms with Crippen molar-refractivity contribution < 1.29 is 9.59 Å². The molecule has 1 aromatic carbocycles. The van der Waals surface area contributed by atoms with Crippen LogP contribution in [-0.4, -0.2) is 21.5 Å². The summed E-state index contributed by atoms with van der Waals surface area (Å²) in [6, 6.07) is 9.36. The third-order valence-electron chi connectivity index (χ3n) is 5.63. The second-order valence-corrected chi connectivity index (χ2v) is 8.35. The zero-order chi connectivity index (χ0) is 18.2. The van der Waals surface area contributed by atoms with Crippen LogP contribution in [0.2, 0.25) is 0 Å². The fourth-order valence-electron chi connectivity index (χ4n) is 4.32. The lowest BCUT2D eigenvalue weighted by Crippen LogP contribution is -2.38. The molecule has 1 atom stereocenters. The lowest BCUT2D eigenvalue weighted by atomic mass is 9.85. The van der Waals surface area contributed by atoms with Crippen LogP contribution in [0.5, 0.6) is 0 Å². The first-order chi connectivity index (χ1) is 12.4. The summed E-state index contributed by atoms with van der Waals surface area (Å²) in [5, 5.41) is 4.81. The third-order valence-corrected chi connectivity index (χ3v) is 5.63. The van der Waals surface area contributed by atoms with Crippen LogP contribution in [0.25, 0.3) is 5.70 Å². The minimum absolute atomic E-state index is 0.0443. The lowest BCUT2D eigenvalue weighted by molar-refractivity contribution is -0.116. The minimum atomic E-state index is -0.307. The first-order valence-electron chi connectivity index (χ1n) is 9.17. The quantitative estimate of drug-likeness (QED) is 0.727. The highest BCUT2D eigenvalue weighted by Crippen LogP contribution is 2.50. The normalized spacial score (nSPS) is 21.5. The fourth-order valence-corrected chi connectivity index (χ4v) is 4.32. The molecule has 5 rings (SSSR count). The predicted molar refractivity (Wildman–Crippen MR) is 99.0 cm³/mol. The number of rotatable bonds is 0. The van der Waals surface area contributed by atoms with Crippen molar-refractivity contribution in [2.45, 2.75) is 51.5 Å². The van der Waals surface area contributed by atoms with Crippen molar-refractivity contribution in [2.75, 3.05) is 4.90 Å². The molecular formula is C21H21N3O2. The Labute approximate surface area is 152 Å². The second kappa shape index (κ2) is 4.93. The van der Waals surface area contributed by atoms with Crippen molar-refractivity contribution in [3.05, 3.63) is 52.7 Å². The van der Waals surface area contributed by atoms with E-state index in [1.165, 1.54) is 0 Å². The summed E-state index contributed by atoms with van der Waals surface area (Å²) < 4.78 is 1.85. The van der Waals surface area contributed by atoms with Crippen molar-refractivity contribution in [2.24, 2.45) is 0 Å². The molecule has 0 N–H and O–H groups in total. The van der Waals surface area contributed by atoms with Gasteiger partial charge in [-0.25, -0.2) is 4.68 Å². The minimum Gasteiger partial charge on any atom is -0.294 e. The van der Waals surface area contributed by atoms with E-state index in [1.807, 2.05) is 35.0 Å². The van der Waals surface area contributed by atoms with Gasteiger partial charge in [-0.1, -0.05) is 39.0 Å². The molecule has 2 aliphatic heterocycles. The maximum Gasteiger partial charge on any atom is 0.260 e. The van der Waals surface area contributed by atoms with Crippen LogP contribution in [0.4, 0.5) is 5.82 Å². The third kappa shape index (κ3) is 1.88. The van der Waals surface area contributed by atoms with E-state index in [0.717, 1.165) is 41.2 Å². The molecule has 5 heteroatoms. The average Bonchev–Trinajstić information content (AvgIpc) is 3.16. The highest BCUT2D eigenvalue weighted by molar-refractivity contribution is 6.16. The van der Waals surface area contributed by atoms with Crippen LogP contribution in [0.3, 0.4) is 0 Å². The van der Waals surface area contributed by atoms with E-state index in [-0.39, 0.29) is 23.1 Å². The molecule has 0 spiro atoms. The molecule has 0 fully saturated rings. The van der Waals surface area contributed by atoms with Crippen molar-refractivity contribution in [3.63, 3.8) is 0 Å². The molecule has 1 unspecified atom stereocenters. The Bertz CT molecular complexity index is 1010. The highest BCUT2D eigenvalue weighted by atomic mass is 16.2. The summed E-state index contributed by atoms with van der Waals surface area (Å²) in [6.45, 7) is 6.34. The number of fused-ring (bicyclic) bond motifs is 7. The van der Waals surface area contributed by atoms with Crippen molar-refractivity contribution >= 4 is 23.2 Å². The molecule has 0 radical (unpaired) electrons. The molecule has 5 nitrogen and oxygen atoms in total. The number of Topliss-reactive ketones (excluding diaryl/α,β-unsaturated/α-hetero) is 1. The second-order valence-electron chi connectivity index (χ2n) is 8.35. The molecule has 132 valence electrons. The Hall–Kier alpha value is -2.69. The van der Waals surface area contributed by atoms with Crippen LogP contribution in [0.1, 0.15) is 67.7 Å². The number of benzene rings is 1. The van der Waals surface area contributed by atoms with Crippen LogP contribution in [-0.2, 0) is 10.2 Å². The van der Waals surface area contributed by atoms with E-state index in [1.54, 1.807) is 4.90 Å². The van der Waals surface area contributed by atoms with Crippen LogP contribution in [0, 0.1) is 0 Å². The van der Waals surface area contributed by atoms with Crippen molar-refractivity contribution in [3.8, 4) is 0 Å². The van der Waals surface area contributed by atoms with E-state index < -0.39 is 0 Å². The number of hydrogen-bond donors (Lipinski definition) is 0. The number of carbonyl (C=O) groups is 2. The predicted octanol–water partition coefficient (Wildman–Crippen LogP) is 3.86. The Morgan fingerprint density at radius 1 is 1.12 bits per heavy atom. The zero-order valence-electron chi connectivity index (χ0n) is 15.2. The molecule has 26 heavy (non-hydrogen) atoms. The molecule has 3 heterocycles. The molecule has 0 bridgehead atoms. The summed E-state index contributed by atoms with van der Waals surface area (Å²) in [4.78, 5) is 27.8. The summed E-state index contributed by atoms with van der Waals surface area (Å²) in [5.41, 5.74) is 4.15. The fraction of sp³-hybridized carbons (Fsp3) is 0.381. The number of anilines is 1. The topological polar surface area (TPSA) is 55.2 Å². The molecule has 3 aliphatic rings. The standard InChI is InChI=1S/C21H21N3O2/c1-21(2,3)16-11-17-23-19(12-7-4-5-8-13(12)20(23)26)18-14(24(17)22-16)9-6-10-15(18)25/h4-5,7-8,11,19H,6,9-10H2,1-3H3. The maximum atomic E-state index is 13.2. The summed E-state index contributed by atoms with van der Waals surface area (Å²) in [6.07, 6.45) is 2.20. The number of aromatic nitrogens is 2. The van der Waals surface area contributed by atoms with E-state index in [9.17, 15) is 9.59 Å². The van der Waals surface area contributed by atoms with Gasteiger partial charge in [0, 0.05) is 29.0 Å². The molecule has 1 aromatic heterocycles. The van der Waals surface area contributed by atoms with Gasteiger partial charge >= 0.3 is 0 Å². The number of ketones is 1.